The number of esters is 1. The van der Waals surface area contributed by atoms with Gasteiger partial charge in [0.15, 0.2) is 0 Å². The molecule has 1 fully saturated rings. The predicted octanol–water partition coefficient (Wildman–Crippen LogP) is 4.04. The molecule has 0 amide bonds. The van der Waals surface area contributed by atoms with Crippen LogP contribution in [0, 0.1) is 6.92 Å². The van der Waals surface area contributed by atoms with Crippen LogP contribution in [0.3, 0.4) is 0 Å². The molecule has 0 atom stereocenters. The van der Waals surface area contributed by atoms with Crippen molar-refractivity contribution in [2.75, 3.05) is 0 Å². The van der Waals surface area contributed by atoms with E-state index in [1.807, 2.05) is 20.8 Å². The summed E-state index contributed by atoms with van der Waals surface area (Å²) in [5.74, 6) is -0.0490. The molecule has 1 aliphatic carbocycles. The summed E-state index contributed by atoms with van der Waals surface area (Å²) < 4.78 is 20.5. The number of imidazole rings is 1. The van der Waals surface area contributed by atoms with Crippen molar-refractivity contribution in [2.24, 2.45) is 0 Å². The van der Waals surface area contributed by atoms with Crippen LogP contribution >= 0.6 is 11.6 Å². The van der Waals surface area contributed by atoms with Gasteiger partial charge in [-0.15, -0.1) is 0 Å². The largest absolute Gasteiger partial charge is 0.462 e. The normalized spacial score (nSPS) is 22.8. The molecule has 3 rings (SSSR count). The molecule has 0 unspecified atom stereocenters. The number of rotatable bonds is 3. The van der Waals surface area contributed by atoms with Gasteiger partial charge in [-0.05, 0) is 32.9 Å². The molecule has 0 aliphatic heterocycles. The Morgan fingerprint density at radius 3 is 2.58 bits per heavy atom. The summed E-state index contributed by atoms with van der Waals surface area (Å²) in [7, 11) is 0. The van der Waals surface area contributed by atoms with Crippen LogP contribution in [0.2, 0.25) is 5.15 Å². The van der Waals surface area contributed by atoms with Gasteiger partial charge in [0, 0.05) is 12.8 Å². The molecule has 1 aliphatic rings. The lowest BCUT2D eigenvalue weighted by molar-refractivity contribution is -0.162. The first-order chi connectivity index (χ1) is 11.3. The fourth-order valence-electron chi connectivity index (χ4n) is 2.87. The number of hydrogen-bond donors (Lipinski definition) is 0. The lowest BCUT2D eigenvalue weighted by atomic mass is 9.66. The molecule has 0 radical (unpaired) electrons. The third-order valence-electron chi connectivity index (χ3n) is 3.95. The standard InChI is InChI=1S/C15H17ClFN3O2.C2H6/c1-8(2)22-14(21)15(6-10(17)7-15)13-18-9(3)11-4-5-12(16)19-20(11)13;1-2/h4-5,8,10H,6-7H2,1-3H3;1-2H3. The highest BCUT2D eigenvalue weighted by molar-refractivity contribution is 6.29. The van der Waals surface area contributed by atoms with Crippen molar-refractivity contribution >= 4 is 23.1 Å². The smallest absolute Gasteiger partial charge is 0.320 e. The van der Waals surface area contributed by atoms with Gasteiger partial charge in [0.2, 0.25) is 0 Å². The highest BCUT2D eigenvalue weighted by atomic mass is 35.5. The van der Waals surface area contributed by atoms with Gasteiger partial charge in [0.25, 0.3) is 0 Å². The first-order valence-corrected chi connectivity index (χ1v) is 8.59. The van der Waals surface area contributed by atoms with E-state index in [0.29, 0.717) is 5.82 Å². The molecule has 2 aromatic rings. The van der Waals surface area contributed by atoms with Gasteiger partial charge in [0.1, 0.15) is 22.6 Å². The van der Waals surface area contributed by atoms with E-state index in [9.17, 15) is 9.18 Å². The number of halogens is 2. The Kier molecular flexibility index (Phi) is 5.48. The molecule has 0 N–H and O–H groups in total. The van der Waals surface area contributed by atoms with Gasteiger partial charge in [-0.25, -0.2) is 13.9 Å². The van der Waals surface area contributed by atoms with E-state index >= 15 is 0 Å². The molecule has 0 saturated heterocycles. The average molecular weight is 356 g/mol. The summed E-state index contributed by atoms with van der Waals surface area (Å²) in [5, 5.41) is 4.51. The molecule has 5 nitrogen and oxygen atoms in total. The third-order valence-corrected chi connectivity index (χ3v) is 4.15. The van der Waals surface area contributed by atoms with E-state index in [1.54, 1.807) is 26.0 Å². The van der Waals surface area contributed by atoms with Crippen molar-refractivity contribution < 1.29 is 13.9 Å². The first-order valence-electron chi connectivity index (χ1n) is 8.21. The van der Waals surface area contributed by atoms with Gasteiger partial charge in [0.05, 0.1) is 17.3 Å². The Labute approximate surface area is 146 Å². The summed E-state index contributed by atoms with van der Waals surface area (Å²) in [5.41, 5.74) is 0.384. The highest BCUT2D eigenvalue weighted by Crippen LogP contribution is 2.46. The summed E-state index contributed by atoms with van der Waals surface area (Å²) in [4.78, 5) is 17.0. The zero-order valence-corrected chi connectivity index (χ0v) is 15.4. The van der Waals surface area contributed by atoms with Crippen molar-refractivity contribution in [2.45, 2.75) is 65.2 Å². The molecule has 2 heterocycles. The fraction of sp³-hybridized carbons (Fsp3) is 0.588. The minimum atomic E-state index is -1.08. The highest BCUT2D eigenvalue weighted by Gasteiger charge is 2.56. The minimum Gasteiger partial charge on any atom is -0.462 e. The topological polar surface area (TPSA) is 56.5 Å². The second-order valence-electron chi connectivity index (χ2n) is 6.02. The van der Waals surface area contributed by atoms with Gasteiger partial charge in [-0.1, -0.05) is 25.4 Å². The minimum absolute atomic E-state index is 0.0608. The molecule has 0 bridgehead atoms. The summed E-state index contributed by atoms with van der Waals surface area (Å²) in [6.07, 6.45) is -1.19. The Morgan fingerprint density at radius 2 is 2.04 bits per heavy atom. The maximum absolute atomic E-state index is 13.6. The van der Waals surface area contributed by atoms with E-state index in [1.165, 1.54) is 4.52 Å². The SMILES string of the molecule is CC.Cc1nc(C2(C(=O)OC(C)C)CC(F)C2)n2nc(Cl)ccc12. The second kappa shape index (κ2) is 7.05. The molecule has 1 saturated carbocycles. The van der Waals surface area contributed by atoms with Crippen molar-refractivity contribution in [1.82, 2.24) is 14.6 Å². The van der Waals surface area contributed by atoms with Crippen molar-refractivity contribution in [3.63, 3.8) is 0 Å². The quantitative estimate of drug-likeness (QED) is 0.780. The van der Waals surface area contributed by atoms with E-state index < -0.39 is 17.6 Å². The number of ether oxygens (including phenoxy) is 1. The van der Waals surface area contributed by atoms with Crippen LogP contribution in [0.1, 0.15) is 52.1 Å². The van der Waals surface area contributed by atoms with Crippen LogP contribution in [0.15, 0.2) is 12.1 Å². The van der Waals surface area contributed by atoms with Gasteiger partial charge in [-0.3, -0.25) is 4.79 Å². The molecule has 7 heteroatoms. The van der Waals surface area contributed by atoms with Gasteiger partial charge < -0.3 is 4.74 Å². The lowest BCUT2D eigenvalue weighted by Gasteiger charge is -2.40. The third kappa shape index (κ3) is 3.11. The van der Waals surface area contributed by atoms with Gasteiger partial charge in [-0.2, -0.15) is 5.10 Å². The summed E-state index contributed by atoms with van der Waals surface area (Å²) in [6.45, 7) is 9.35. The molecule has 0 aromatic carbocycles. The van der Waals surface area contributed by atoms with E-state index in [2.05, 4.69) is 10.1 Å². The summed E-state index contributed by atoms with van der Waals surface area (Å²) >= 11 is 5.95. The van der Waals surface area contributed by atoms with Crippen LogP contribution < -0.4 is 0 Å². The first kappa shape index (κ1) is 18.6. The molecule has 2 aromatic heterocycles. The zero-order chi connectivity index (χ0) is 18.1. The number of nitrogens with zero attached hydrogens (tertiary/aromatic N) is 3. The van der Waals surface area contributed by atoms with Crippen molar-refractivity contribution in [3.8, 4) is 0 Å². The number of aryl methyl sites for hydroxylation is 1. The number of alkyl halides is 1. The van der Waals surface area contributed by atoms with Gasteiger partial charge >= 0.3 is 5.97 Å². The van der Waals surface area contributed by atoms with E-state index in [0.717, 1.165) is 11.2 Å². The predicted molar refractivity (Wildman–Crippen MR) is 91.1 cm³/mol. The maximum Gasteiger partial charge on any atom is 0.320 e. The Balaban J connectivity index is 0.00000100. The van der Waals surface area contributed by atoms with Crippen LogP contribution in [0.25, 0.3) is 5.52 Å². The average Bonchev–Trinajstić information content (AvgIpc) is 2.81. The summed E-state index contributed by atoms with van der Waals surface area (Å²) in [6, 6.07) is 3.45. The fourth-order valence-corrected chi connectivity index (χ4v) is 3.01. The second-order valence-corrected chi connectivity index (χ2v) is 6.40. The van der Waals surface area contributed by atoms with E-state index in [-0.39, 0.29) is 24.1 Å². The lowest BCUT2D eigenvalue weighted by Crippen LogP contribution is -2.51. The number of carbonyl (C=O) groups is 1. The number of carbonyl (C=O) groups excluding carboxylic acids is 1. The van der Waals surface area contributed by atoms with Crippen LogP contribution in [0.4, 0.5) is 4.39 Å². The number of fused-ring (bicyclic) bond motifs is 1. The molecule has 24 heavy (non-hydrogen) atoms. The Hall–Kier alpha value is -1.69. The van der Waals surface area contributed by atoms with Crippen molar-refractivity contribution in [3.05, 3.63) is 28.8 Å². The van der Waals surface area contributed by atoms with Crippen LogP contribution in [-0.4, -0.2) is 32.8 Å². The maximum atomic E-state index is 13.6. The number of aromatic nitrogens is 3. The van der Waals surface area contributed by atoms with E-state index in [4.69, 9.17) is 16.3 Å². The van der Waals surface area contributed by atoms with Crippen molar-refractivity contribution in [1.29, 1.82) is 0 Å². The molecule has 0 spiro atoms. The Bertz CT molecular complexity index is 739. The van der Waals surface area contributed by atoms with Crippen LogP contribution in [0.5, 0.6) is 0 Å². The monoisotopic (exact) mass is 355 g/mol. The number of hydrogen-bond acceptors (Lipinski definition) is 4. The molecular weight excluding hydrogens is 333 g/mol. The van der Waals surface area contributed by atoms with Crippen LogP contribution in [-0.2, 0) is 14.9 Å². The molecule has 132 valence electrons. The molecular formula is C17H23ClFN3O2. The zero-order valence-electron chi connectivity index (χ0n) is 14.6. The Morgan fingerprint density at radius 1 is 1.42 bits per heavy atom.